The van der Waals surface area contributed by atoms with Gasteiger partial charge in [-0.15, -0.1) is 0 Å². The zero-order valence-corrected chi connectivity index (χ0v) is 8.73. The van der Waals surface area contributed by atoms with E-state index in [1.165, 1.54) is 11.3 Å². The van der Waals surface area contributed by atoms with Gasteiger partial charge in [0.1, 0.15) is 0 Å². The van der Waals surface area contributed by atoms with E-state index in [1.807, 2.05) is 5.38 Å². The van der Waals surface area contributed by atoms with Gasteiger partial charge >= 0.3 is 4.87 Å². The van der Waals surface area contributed by atoms with Crippen LogP contribution in [0.15, 0.2) is 10.2 Å². The molecule has 2 rings (SSSR count). The van der Waals surface area contributed by atoms with Crippen molar-refractivity contribution in [2.45, 2.75) is 25.4 Å². The Morgan fingerprint density at radius 3 is 3.00 bits per heavy atom. The first-order valence-corrected chi connectivity index (χ1v) is 5.70. The molecule has 0 aliphatic carbocycles. The highest BCUT2D eigenvalue weighted by atomic mass is 32.1. The summed E-state index contributed by atoms with van der Waals surface area (Å²) in [6.07, 6.45) is 2.13. The van der Waals surface area contributed by atoms with Crippen molar-refractivity contribution in [2.24, 2.45) is 0 Å². The summed E-state index contributed by atoms with van der Waals surface area (Å²) in [6.45, 7) is 2.44. The highest BCUT2D eigenvalue weighted by Crippen LogP contribution is 2.07. The maximum atomic E-state index is 10.9. The van der Waals surface area contributed by atoms with Crippen LogP contribution in [0.1, 0.15) is 18.5 Å². The molecular weight excluding hydrogens is 200 g/mol. The molecule has 0 aromatic carbocycles. The van der Waals surface area contributed by atoms with Gasteiger partial charge in [0.25, 0.3) is 0 Å². The van der Waals surface area contributed by atoms with Crippen molar-refractivity contribution in [3.8, 4) is 0 Å². The number of H-pyrrole nitrogens is 1. The normalized spacial score (nSPS) is 18.6. The third-order valence-electron chi connectivity index (χ3n) is 2.37. The largest absolute Gasteiger partial charge is 0.381 e. The standard InChI is InChI=1S/C9H14N2O2S/c12-9-11-8(6-14-9)5-10-7-1-3-13-4-2-7/h6-7,10H,1-5H2,(H,11,12). The quantitative estimate of drug-likeness (QED) is 0.779. The molecule has 0 spiro atoms. The zero-order chi connectivity index (χ0) is 9.80. The maximum Gasteiger partial charge on any atom is 0.304 e. The van der Waals surface area contributed by atoms with E-state index in [2.05, 4.69) is 10.3 Å². The van der Waals surface area contributed by atoms with E-state index in [9.17, 15) is 4.79 Å². The number of aromatic nitrogens is 1. The van der Waals surface area contributed by atoms with Gasteiger partial charge in [0.05, 0.1) is 0 Å². The van der Waals surface area contributed by atoms with E-state index < -0.39 is 0 Å². The fourth-order valence-corrected chi connectivity index (χ4v) is 2.14. The van der Waals surface area contributed by atoms with Crippen LogP contribution in [0.5, 0.6) is 0 Å². The first-order valence-electron chi connectivity index (χ1n) is 4.82. The molecule has 0 amide bonds. The number of aromatic amines is 1. The van der Waals surface area contributed by atoms with Crippen molar-refractivity contribution >= 4 is 11.3 Å². The van der Waals surface area contributed by atoms with Crippen molar-refractivity contribution in [1.82, 2.24) is 10.3 Å². The summed E-state index contributed by atoms with van der Waals surface area (Å²) in [5.41, 5.74) is 0.978. The minimum Gasteiger partial charge on any atom is -0.381 e. The molecule has 1 fully saturated rings. The topological polar surface area (TPSA) is 54.1 Å². The molecule has 0 bridgehead atoms. The Labute approximate surface area is 86.3 Å². The van der Waals surface area contributed by atoms with Gasteiger partial charge < -0.3 is 15.0 Å². The van der Waals surface area contributed by atoms with Crippen LogP contribution in [-0.2, 0) is 11.3 Å². The van der Waals surface area contributed by atoms with E-state index in [1.54, 1.807) is 0 Å². The van der Waals surface area contributed by atoms with Crippen LogP contribution in [0.3, 0.4) is 0 Å². The fraction of sp³-hybridized carbons (Fsp3) is 0.667. The molecule has 0 saturated carbocycles. The van der Waals surface area contributed by atoms with Gasteiger partial charge in [-0.1, -0.05) is 11.3 Å². The number of hydrogen-bond donors (Lipinski definition) is 2. The highest BCUT2D eigenvalue weighted by molar-refractivity contribution is 7.07. The minimum atomic E-state index is 0.0220. The van der Waals surface area contributed by atoms with Crippen LogP contribution in [-0.4, -0.2) is 24.2 Å². The molecule has 0 radical (unpaired) electrons. The van der Waals surface area contributed by atoms with E-state index in [0.29, 0.717) is 6.04 Å². The van der Waals surface area contributed by atoms with Crippen molar-refractivity contribution < 1.29 is 4.74 Å². The Morgan fingerprint density at radius 2 is 2.36 bits per heavy atom. The Balaban J connectivity index is 1.78. The second-order valence-electron chi connectivity index (χ2n) is 3.44. The first kappa shape index (κ1) is 9.89. The molecule has 78 valence electrons. The van der Waals surface area contributed by atoms with E-state index in [4.69, 9.17) is 4.74 Å². The molecule has 1 aliphatic rings. The van der Waals surface area contributed by atoms with Gasteiger partial charge in [0.2, 0.25) is 0 Å². The van der Waals surface area contributed by atoms with Crippen LogP contribution in [0.25, 0.3) is 0 Å². The van der Waals surface area contributed by atoms with Gasteiger partial charge in [-0.05, 0) is 12.8 Å². The molecular formula is C9H14N2O2S. The number of rotatable bonds is 3. The molecule has 0 unspecified atom stereocenters. The Bertz CT molecular complexity index is 328. The van der Waals surface area contributed by atoms with E-state index in [0.717, 1.165) is 38.3 Å². The smallest absolute Gasteiger partial charge is 0.304 e. The van der Waals surface area contributed by atoms with Gasteiger partial charge in [-0.2, -0.15) is 0 Å². The van der Waals surface area contributed by atoms with Crippen molar-refractivity contribution in [1.29, 1.82) is 0 Å². The van der Waals surface area contributed by atoms with Crippen LogP contribution < -0.4 is 10.2 Å². The summed E-state index contributed by atoms with van der Waals surface area (Å²) in [5, 5.41) is 5.28. The van der Waals surface area contributed by atoms with Gasteiger partial charge in [0.15, 0.2) is 0 Å². The van der Waals surface area contributed by atoms with Crippen molar-refractivity contribution in [3.05, 3.63) is 20.7 Å². The lowest BCUT2D eigenvalue weighted by Crippen LogP contribution is -2.34. The van der Waals surface area contributed by atoms with Crippen molar-refractivity contribution in [2.75, 3.05) is 13.2 Å². The number of ether oxygens (including phenoxy) is 1. The molecule has 14 heavy (non-hydrogen) atoms. The summed E-state index contributed by atoms with van der Waals surface area (Å²) in [6, 6.07) is 0.534. The van der Waals surface area contributed by atoms with Gasteiger partial charge in [0, 0.05) is 36.9 Å². The average molecular weight is 214 g/mol. The van der Waals surface area contributed by atoms with Crippen LogP contribution in [0, 0.1) is 0 Å². The summed E-state index contributed by atoms with van der Waals surface area (Å²) >= 11 is 1.22. The molecule has 5 heteroatoms. The van der Waals surface area contributed by atoms with Crippen LogP contribution in [0.4, 0.5) is 0 Å². The Morgan fingerprint density at radius 1 is 1.57 bits per heavy atom. The molecule has 1 aromatic heterocycles. The van der Waals surface area contributed by atoms with E-state index >= 15 is 0 Å². The van der Waals surface area contributed by atoms with Gasteiger partial charge in [-0.25, -0.2) is 0 Å². The SMILES string of the molecule is O=c1[nH]c(CNC2CCOCC2)cs1. The van der Waals surface area contributed by atoms with Crippen LogP contribution in [0.2, 0.25) is 0 Å². The predicted molar refractivity (Wildman–Crippen MR) is 55.6 cm³/mol. The molecule has 1 aliphatic heterocycles. The summed E-state index contributed by atoms with van der Waals surface area (Å²) in [5.74, 6) is 0. The second kappa shape index (κ2) is 4.72. The first-order chi connectivity index (χ1) is 6.84. The lowest BCUT2D eigenvalue weighted by atomic mass is 10.1. The maximum absolute atomic E-state index is 10.9. The van der Waals surface area contributed by atoms with Crippen molar-refractivity contribution in [3.63, 3.8) is 0 Å². The molecule has 1 aromatic rings. The molecule has 2 N–H and O–H groups in total. The fourth-order valence-electron chi connectivity index (χ4n) is 1.56. The summed E-state index contributed by atoms with van der Waals surface area (Å²) in [7, 11) is 0. The third kappa shape index (κ3) is 2.67. The highest BCUT2D eigenvalue weighted by Gasteiger charge is 2.12. The Hall–Kier alpha value is -0.650. The second-order valence-corrected chi connectivity index (χ2v) is 4.28. The molecule has 2 heterocycles. The zero-order valence-electron chi connectivity index (χ0n) is 7.91. The third-order valence-corrected chi connectivity index (χ3v) is 3.09. The number of hydrogen-bond acceptors (Lipinski definition) is 4. The number of nitrogens with one attached hydrogen (secondary N) is 2. The van der Waals surface area contributed by atoms with E-state index in [-0.39, 0.29) is 4.87 Å². The number of thiazole rings is 1. The molecule has 0 atom stereocenters. The molecule has 4 nitrogen and oxygen atoms in total. The summed E-state index contributed by atoms with van der Waals surface area (Å²) in [4.78, 5) is 13.7. The lowest BCUT2D eigenvalue weighted by molar-refractivity contribution is 0.0775. The molecule has 1 saturated heterocycles. The predicted octanol–water partition coefficient (Wildman–Crippen LogP) is 0.705. The average Bonchev–Trinajstić information content (AvgIpc) is 2.63. The summed E-state index contributed by atoms with van der Waals surface area (Å²) < 4.78 is 5.26. The monoisotopic (exact) mass is 214 g/mol. The lowest BCUT2D eigenvalue weighted by Gasteiger charge is -2.22. The van der Waals surface area contributed by atoms with Crippen LogP contribution >= 0.6 is 11.3 Å². The minimum absolute atomic E-state index is 0.0220. The van der Waals surface area contributed by atoms with Gasteiger partial charge in [-0.3, -0.25) is 4.79 Å². The Kier molecular flexibility index (Phi) is 3.34.